The molecule has 0 aromatic heterocycles. The number of nitrogens with one attached hydrogen (secondary N) is 2. The molecule has 0 aliphatic carbocycles. The third-order valence-electron chi connectivity index (χ3n) is 8.42. The van der Waals surface area contributed by atoms with Gasteiger partial charge >= 0.3 is 0 Å². The van der Waals surface area contributed by atoms with Gasteiger partial charge in [-0.25, -0.2) is 17.2 Å². The quantitative estimate of drug-likeness (QED) is 0.111. The van der Waals surface area contributed by atoms with Crippen LogP contribution >= 0.6 is 0 Å². The first-order valence-electron chi connectivity index (χ1n) is 15.7. The molecule has 0 amide bonds. The molecular formula is C36H44F2N2O4SSi. The van der Waals surface area contributed by atoms with Crippen LogP contribution in [-0.2, 0) is 27.5 Å². The fraction of sp³-hybridized carbons (Fsp3) is 0.333. The lowest BCUT2D eigenvalue weighted by molar-refractivity contribution is 0.181. The summed E-state index contributed by atoms with van der Waals surface area (Å²) >= 11 is 0. The second-order valence-electron chi connectivity index (χ2n) is 11.6. The highest BCUT2D eigenvalue weighted by atomic mass is 32.2. The molecule has 10 heteroatoms. The molecule has 0 aliphatic rings. The summed E-state index contributed by atoms with van der Waals surface area (Å²) in [5, 5.41) is 3.68. The monoisotopic (exact) mass is 666 g/mol. The van der Waals surface area contributed by atoms with Crippen molar-refractivity contribution in [2.24, 2.45) is 0 Å². The SMILES string of the molecule is CC[Si](CC)(CC)OC(CNC(Cc1ccc(F)cc1)c1ccc(OCc2ccccc2)cc1)c1ccc(F)c(NS(C)(=O)=O)c1. The van der Waals surface area contributed by atoms with Crippen LogP contribution in [-0.4, -0.2) is 29.5 Å². The maximum absolute atomic E-state index is 14.7. The largest absolute Gasteiger partial charge is 0.489 e. The molecule has 2 unspecified atom stereocenters. The lowest BCUT2D eigenvalue weighted by Crippen LogP contribution is -2.40. The zero-order valence-electron chi connectivity index (χ0n) is 26.9. The Hall–Kier alpha value is -3.57. The first kappa shape index (κ1) is 35.3. The minimum atomic E-state index is -3.69. The van der Waals surface area contributed by atoms with Gasteiger partial charge in [0.2, 0.25) is 10.0 Å². The highest BCUT2D eigenvalue weighted by molar-refractivity contribution is 7.92. The molecule has 2 N–H and O–H groups in total. The Bertz CT molecular complexity index is 1630. The van der Waals surface area contributed by atoms with Crippen LogP contribution in [0, 0.1) is 11.6 Å². The van der Waals surface area contributed by atoms with Crippen LogP contribution in [0.5, 0.6) is 5.75 Å². The van der Waals surface area contributed by atoms with Crippen molar-refractivity contribution in [1.82, 2.24) is 5.32 Å². The van der Waals surface area contributed by atoms with Crippen molar-refractivity contribution in [3.05, 3.63) is 131 Å². The molecule has 246 valence electrons. The maximum Gasteiger partial charge on any atom is 0.229 e. The van der Waals surface area contributed by atoms with Crippen LogP contribution in [0.3, 0.4) is 0 Å². The summed E-state index contributed by atoms with van der Waals surface area (Å²) in [5.41, 5.74) is 3.62. The molecule has 0 bridgehead atoms. The minimum absolute atomic E-state index is 0.112. The topological polar surface area (TPSA) is 76.7 Å². The average Bonchev–Trinajstić information content (AvgIpc) is 3.06. The molecule has 0 aliphatic heterocycles. The molecule has 0 heterocycles. The molecule has 0 saturated heterocycles. The third kappa shape index (κ3) is 10.2. The fourth-order valence-electron chi connectivity index (χ4n) is 5.50. The zero-order chi connectivity index (χ0) is 33.2. The summed E-state index contributed by atoms with van der Waals surface area (Å²) in [5.74, 6) is -0.206. The van der Waals surface area contributed by atoms with E-state index in [1.165, 1.54) is 24.3 Å². The van der Waals surface area contributed by atoms with Crippen LogP contribution in [0.25, 0.3) is 0 Å². The summed E-state index contributed by atoms with van der Waals surface area (Å²) in [4.78, 5) is 0. The molecule has 4 aromatic carbocycles. The van der Waals surface area contributed by atoms with Crippen LogP contribution in [0.15, 0.2) is 97.1 Å². The molecule has 4 aromatic rings. The highest BCUT2D eigenvalue weighted by Crippen LogP contribution is 2.32. The average molecular weight is 667 g/mol. The van der Waals surface area contributed by atoms with E-state index in [0.717, 1.165) is 46.8 Å². The Morgan fingerprint density at radius 2 is 1.41 bits per heavy atom. The lowest BCUT2D eigenvalue weighted by Gasteiger charge is -2.35. The van der Waals surface area contributed by atoms with Crippen molar-refractivity contribution >= 4 is 24.0 Å². The number of hydrogen-bond acceptors (Lipinski definition) is 5. The predicted octanol–water partition coefficient (Wildman–Crippen LogP) is 8.55. The van der Waals surface area contributed by atoms with Crippen molar-refractivity contribution in [3.63, 3.8) is 0 Å². The van der Waals surface area contributed by atoms with Crippen molar-refractivity contribution < 1.29 is 26.4 Å². The van der Waals surface area contributed by atoms with E-state index >= 15 is 0 Å². The molecule has 0 radical (unpaired) electrons. The van der Waals surface area contributed by atoms with Crippen molar-refractivity contribution in [2.45, 2.75) is 64.1 Å². The summed E-state index contributed by atoms with van der Waals surface area (Å²) in [6.07, 6.45) is 1.12. The van der Waals surface area contributed by atoms with E-state index in [-0.39, 0.29) is 17.5 Å². The molecule has 2 atom stereocenters. The number of anilines is 1. The summed E-state index contributed by atoms with van der Waals surface area (Å²) < 4.78 is 67.6. The first-order valence-corrected chi connectivity index (χ1v) is 20.1. The smallest absolute Gasteiger partial charge is 0.229 e. The van der Waals surface area contributed by atoms with E-state index in [0.29, 0.717) is 25.1 Å². The van der Waals surface area contributed by atoms with E-state index in [1.807, 2.05) is 54.6 Å². The van der Waals surface area contributed by atoms with Gasteiger partial charge in [-0.2, -0.15) is 0 Å². The van der Waals surface area contributed by atoms with Gasteiger partial charge in [0.1, 0.15) is 24.0 Å². The third-order valence-corrected chi connectivity index (χ3v) is 13.7. The van der Waals surface area contributed by atoms with Gasteiger partial charge in [0, 0.05) is 12.6 Å². The van der Waals surface area contributed by atoms with Crippen LogP contribution in [0.1, 0.15) is 55.2 Å². The first-order chi connectivity index (χ1) is 22.0. The van der Waals surface area contributed by atoms with Crippen molar-refractivity contribution in [2.75, 3.05) is 17.5 Å². The number of ether oxygens (including phenoxy) is 1. The second kappa shape index (κ2) is 16.3. The zero-order valence-corrected chi connectivity index (χ0v) is 28.7. The fourth-order valence-corrected chi connectivity index (χ4v) is 8.88. The lowest BCUT2D eigenvalue weighted by atomic mass is 9.98. The molecule has 46 heavy (non-hydrogen) atoms. The summed E-state index contributed by atoms with van der Waals surface area (Å²) in [6, 6.07) is 31.4. The van der Waals surface area contributed by atoms with Gasteiger partial charge in [0.05, 0.1) is 18.0 Å². The van der Waals surface area contributed by atoms with Crippen molar-refractivity contribution in [1.29, 1.82) is 0 Å². The molecular weight excluding hydrogens is 623 g/mol. The number of benzene rings is 4. The van der Waals surface area contributed by atoms with E-state index < -0.39 is 30.3 Å². The van der Waals surface area contributed by atoms with Gasteiger partial charge in [-0.1, -0.05) is 81.4 Å². The molecule has 0 spiro atoms. The molecule has 6 nitrogen and oxygen atoms in total. The normalized spacial score (nSPS) is 13.3. The standard InChI is InChI=1S/C36H44F2N2O4SSi/c1-5-46(6-2,7-3)44-36(30-17-22-33(38)35(24-30)40-45(4,41)42)25-39-34(23-27-13-18-31(37)19-14-27)29-15-20-32(21-16-29)43-26-28-11-9-8-10-12-28/h8-22,24,34,36,39-40H,5-7,23,25-26H2,1-4H3. The predicted molar refractivity (Wildman–Crippen MR) is 184 cm³/mol. The Kier molecular flexibility index (Phi) is 12.5. The Balaban J connectivity index is 1.62. The van der Waals surface area contributed by atoms with E-state index in [2.05, 4.69) is 30.8 Å². The van der Waals surface area contributed by atoms with Crippen LogP contribution in [0.4, 0.5) is 14.5 Å². The van der Waals surface area contributed by atoms with Gasteiger partial charge in [-0.15, -0.1) is 0 Å². The Labute approximate surface area is 273 Å². The maximum atomic E-state index is 14.7. The van der Waals surface area contributed by atoms with Gasteiger partial charge in [0.25, 0.3) is 0 Å². The van der Waals surface area contributed by atoms with E-state index in [9.17, 15) is 17.2 Å². The Morgan fingerprint density at radius 3 is 2.02 bits per heavy atom. The summed E-state index contributed by atoms with van der Waals surface area (Å²) in [7, 11) is -5.84. The highest BCUT2D eigenvalue weighted by Gasteiger charge is 2.33. The number of hydrogen-bond donors (Lipinski definition) is 2. The number of sulfonamides is 1. The summed E-state index contributed by atoms with van der Waals surface area (Å²) in [6.45, 7) is 7.27. The second-order valence-corrected chi connectivity index (χ2v) is 18.1. The van der Waals surface area contributed by atoms with Gasteiger partial charge < -0.3 is 14.5 Å². The minimum Gasteiger partial charge on any atom is -0.489 e. The number of rotatable bonds is 17. The van der Waals surface area contributed by atoms with Gasteiger partial charge in [0.15, 0.2) is 8.32 Å². The van der Waals surface area contributed by atoms with E-state index in [4.69, 9.17) is 9.16 Å². The van der Waals surface area contributed by atoms with Crippen molar-refractivity contribution in [3.8, 4) is 5.75 Å². The van der Waals surface area contributed by atoms with Crippen LogP contribution in [0.2, 0.25) is 18.1 Å². The molecule has 4 rings (SSSR count). The van der Waals surface area contributed by atoms with E-state index in [1.54, 1.807) is 18.2 Å². The van der Waals surface area contributed by atoms with Crippen LogP contribution < -0.4 is 14.8 Å². The molecule has 0 fully saturated rings. The Morgan fingerprint density at radius 1 is 0.783 bits per heavy atom. The van der Waals surface area contributed by atoms with Gasteiger partial charge in [-0.05, 0) is 83.2 Å². The molecule has 0 saturated carbocycles. The van der Waals surface area contributed by atoms with Gasteiger partial charge in [-0.3, -0.25) is 4.72 Å². The number of halogens is 2.